The third-order valence-electron chi connectivity index (χ3n) is 5.71. The number of aryl methyl sites for hydroxylation is 1. The summed E-state index contributed by atoms with van der Waals surface area (Å²) in [5, 5.41) is 9.33. The molecule has 0 spiro atoms. The molecule has 29 heavy (non-hydrogen) atoms. The third-order valence-corrected chi connectivity index (χ3v) is 5.71. The van der Waals surface area contributed by atoms with Crippen molar-refractivity contribution in [3.8, 4) is 0 Å². The highest BCUT2D eigenvalue weighted by atomic mass is 19.4. The Morgan fingerprint density at radius 1 is 0.828 bits per heavy atom. The van der Waals surface area contributed by atoms with Crippen LogP contribution < -0.4 is 0 Å². The molecule has 0 radical (unpaired) electrons. The maximum Gasteiger partial charge on any atom is 0.416 e. The van der Waals surface area contributed by atoms with E-state index >= 15 is 0 Å². The van der Waals surface area contributed by atoms with Crippen molar-refractivity contribution in [2.24, 2.45) is 0 Å². The molecule has 4 heteroatoms. The van der Waals surface area contributed by atoms with E-state index in [0.717, 1.165) is 30.9 Å². The molecule has 0 aromatic heterocycles. The fourth-order valence-electron chi connectivity index (χ4n) is 4.34. The van der Waals surface area contributed by atoms with Crippen LogP contribution in [0.4, 0.5) is 13.2 Å². The normalized spacial score (nSPS) is 16.1. The van der Waals surface area contributed by atoms with Gasteiger partial charge in [-0.1, -0.05) is 54.6 Å². The summed E-state index contributed by atoms with van der Waals surface area (Å²) < 4.78 is 39.4. The second-order valence-electron chi connectivity index (χ2n) is 7.83. The Balaban J connectivity index is 1.55. The van der Waals surface area contributed by atoms with E-state index in [1.54, 1.807) is 6.07 Å². The van der Waals surface area contributed by atoms with Crippen molar-refractivity contribution in [2.45, 2.75) is 44.4 Å². The molecule has 3 aromatic rings. The molecule has 0 heterocycles. The van der Waals surface area contributed by atoms with Crippen molar-refractivity contribution in [1.29, 1.82) is 0 Å². The van der Waals surface area contributed by atoms with E-state index in [-0.39, 0.29) is 0 Å². The lowest BCUT2D eigenvalue weighted by molar-refractivity contribution is -0.137. The highest BCUT2D eigenvalue weighted by Crippen LogP contribution is 2.37. The zero-order valence-electron chi connectivity index (χ0n) is 16.0. The van der Waals surface area contributed by atoms with E-state index < -0.39 is 18.3 Å². The van der Waals surface area contributed by atoms with Gasteiger partial charge in [-0.25, -0.2) is 0 Å². The number of hydrogen-bond acceptors (Lipinski definition) is 1. The van der Waals surface area contributed by atoms with Crippen LogP contribution >= 0.6 is 0 Å². The Morgan fingerprint density at radius 3 is 2.31 bits per heavy atom. The summed E-state index contributed by atoms with van der Waals surface area (Å²) in [6.07, 6.45) is -0.867. The monoisotopic (exact) mass is 396 g/mol. The van der Waals surface area contributed by atoms with Gasteiger partial charge in [0.1, 0.15) is 0 Å². The molecule has 1 nitrogen and oxygen atoms in total. The molecule has 1 aliphatic rings. The number of aliphatic hydroxyl groups is 1. The van der Waals surface area contributed by atoms with Crippen LogP contribution in [0.25, 0.3) is 0 Å². The van der Waals surface area contributed by atoms with E-state index in [2.05, 4.69) is 36.4 Å². The van der Waals surface area contributed by atoms with E-state index in [4.69, 9.17) is 0 Å². The van der Waals surface area contributed by atoms with E-state index in [0.29, 0.717) is 23.5 Å². The van der Waals surface area contributed by atoms with Gasteiger partial charge in [0.15, 0.2) is 0 Å². The van der Waals surface area contributed by atoms with Crippen molar-refractivity contribution in [3.05, 3.63) is 106 Å². The number of rotatable bonds is 5. The molecule has 0 bridgehead atoms. The molecule has 4 rings (SSSR count). The molecule has 0 saturated carbocycles. The molecule has 1 aliphatic carbocycles. The Kier molecular flexibility index (Phi) is 5.46. The predicted molar refractivity (Wildman–Crippen MR) is 108 cm³/mol. The molecule has 1 N–H and O–H groups in total. The number of fused-ring (bicyclic) bond motifs is 1. The Bertz CT molecular complexity index is 993. The molecule has 150 valence electrons. The van der Waals surface area contributed by atoms with Gasteiger partial charge in [0, 0.05) is 0 Å². The molecule has 0 saturated heterocycles. The predicted octanol–water partition coefficient (Wildman–Crippen LogP) is 6.06. The van der Waals surface area contributed by atoms with Crippen LogP contribution in [-0.4, -0.2) is 5.11 Å². The van der Waals surface area contributed by atoms with Gasteiger partial charge in [-0.15, -0.1) is 0 Å². The number of hydrogen-bond donors (Lipinski definition) is 1. The molecular weight excluding hydrogens is 373 g/mol. The standard InChI is InChI=1S/C25H23F3O/c26-25(27,28)23-14-19(11-20(15-23)16-29)10-18-6-9-24-21(7-8-22(24)13-18)12-17-4-2-1-3-5-17/h1-6,9,11,13-15,21,29H,7-8,10,12,16H2/t21-/m0/s1. The first-order valence-electron chi connectivity index (χ1n) is 9.89. The summed E-state index contributed by atoms with van der Waals surface area (Å²) in [7, 11) is 0. The SMILES string of the molecule is OCc1cc(Cc2ccc3c(c2)CC[C@H]3Cc2ccccc2)cc(C(F)(F)F)c1. The largest absolute Gasteiger partial charge is 0.416 e. The minimum atomic E-state index is -4.41. The van der Waals surface area contributed by atoms with Crippen LogP contribution in [0.2, 0.25) is 0 Å². The molecule has 0 amide bonds. The Hall–Kier alpha value is -2.59. The number of benzene rings is 3. The van der Waals surface area contributed by atoms with Gasteiger partial charge in [0.25, 0.3) is 0 Å². The minimum Gasteiger partial charge on any atom is -0.392 e. The third kappa shape index (κ3) is 4.54. The van der Waals surface area contributed by atoms with Crippen LogP contribution in [0.3, 0.4) is 0 Å². The fraction of sp³-hybridized carbons (Fsp3) is 0.280. The second kappa shape index (κ2) is 8.03. The van der Waals surface area contributed by atoms with Crippen LogP contribution in [0.15, 0.2) is 66.7 Å². The van der Waals surface area contributed by atoms with Crippen LogP contribution in [0.5, 0.6) is 0 Å². The van der Waals surface area contributed by atoms with Crippen molar-refractivity contribution in [1.82, 2.24) is 0 Å². The average molecular weight is 396 g/mol. The summed E-state index contributed by atoms with van der Waals surface area (Å²) in [5.74, 6) is 0.496. The molecule has 0 aliphatic heterocycles. The van der Waals surface area contributed by atoms with Crippen molar-refractivity contribution in [2.75, 3.05) is 0 Å². The maximum atomic E-state index is 13.1. The smallest absolute Gasteiger partial charge is 0.392 e. The first-order valence-corrected chi connectivity index (χ1v) is 9.89. The Labute approximate surface area is 168 Å². The van der Waals surface area contributed by atoms with Gasteiger partial charge in [-0.2, -0.15) is 13.2 Å². The quantitative estimate of drug-likeness (QED) is 0.556. The number of aliphatic hydroxyl groups excluding tert-OH is 1. The molecule has 3 aromatic carbocycles. The average Bonchev–Trinajstić information content (AvgIpc) is 3.10. The summed E-state index contributed by atoms with van der Waals surface area (Å²) >= 11 is 0. The van der Waals surface area contributed by atoms with Gasteiger partial charge < -0.3 is 5.11 Å². The topological polar surface area (TPSA) is 20.2 Å². The van der Waals surface area contributed by atoms with Crippen molar-refractivity contribution >= 4 is 0 Å². The number of alkyl halides is 3. The first-order chi connectivity index (χ1) is 13.9. The lowest BCUT2D eigenvalue weighted by Gasteiger charge is -2.14. The molecule has 0 fully saturated rings. The van der Waals surface area contributed by atoms with Gasteiger partial charge in [-0.05, 0) is 77.1 Å². The van der Waals surface area contributed by atoms with Gasteiger partial charge >= 0.3 is 6.18 Å². The van der Waals surface area contributed by atoms with Crippen molar-refractivity contribution in [3.63, 3.8) is 0 Å². The number of halogens is 3. The van der Waals surface area contributed by atoms with Crippen molar-refractivity contribution < 1.29 is 18.3 Å². The van der Waals surface area contributed by atoms with Gasteiger partial charge in [0.05, 0.1) is 12.2 Å². The molecule has 0 unspecified atom stereocenters. The van der Waals surface area contributed by atoms with E-state index in [1.165, 1.54) is 22.8 Å². The van der Waals surface area contributed by atoms with Crippen LogP contribution in [0.1, 0.15) is 51.3 Å². The highest BCUT2D eigenvalue weighted by molar-refractivity contribution is 5.42. The van der Waals surface area contributed by atoms with Gasteiger partial charge in [-0.3, -0.25) is 0 Å². The maximum absolute atomic E-state index is 13.1. The van der Waals surface area contributed by atoms with Crippen LogP contribution in [-0.2, 0) is 32.0 Å². The summed E-state index contributed by atoms with van der Waals surface area (Å²) in [6.45, 7) is -0.401. The van der Waals surface area contributed by atoms with E-state index in [9.17, 15) is 18.3 Å². The second-order valence-corrected chi connectivity index (χ2v) is 7.83. The zero-order chi connectivity index (χ0) is 20.4. The summed E-state index contributed by atoms with van der Waals surface area (Å²) in [5.41, 5.74) is 5.16. The molecule has 1 atom stereocenters. The minimum absolute atomic E-state index is 0.291. The summed E-state index contributed by atoms with van der Waals surface area (Å²) in [6, 6.07) is 20.6. The Morgan fingerprint density at radius 2 is 1.59 bits per heavy atom. The highest BCUT2D eigenvalue weighted by Gasteiger charge is 2.31. The van der Waals surface area contributed by atoms with Gasteiger partial charge in [0.2, 0.25) is 0 Å². The first kappa shape index (κ1) is 19.7. The fourth-order valence-corrected chi connectivity index (χ4v) is 4.34. The van der Waals surface area contributed by atoms with Crippen LogP contribution in [0, 0.1) is 0 Å². The van der Waals surface area contributed by atoms with E-state index in [1.807, 2.05) is 12.1 Å². The molecular formula is C25H23F3O. The lowest BCUT2D eigenvalue weighted by atomic mass is 9.92. The lowest BCUT2D eigenvalue weighted by Crippen LogP contribution is -2.07. The zero-order valence-corrected chi connectivity index (χ0v) is 16.0. The summed E-state index contributed by atoms with van der Waals surface area (Å²) in [4.78, 5) is 0.